The van der Waals surface area contributed by atoms with Gasteiger partial charge in [-0.3, -0.25) is 14.5 Å². The lowest BCUT2D eigenvalue weighted by Gasteiger charge is -2.28. The van der Waals surface area contributed by atoms with Gasteiger partial charge in [-0.25, -0.2) is 0 Å². The Morgan fingerprint density at radius 2 is 2.20 bits per heavy atom. The molecule has 0 fully saturated rings. The monoisotopic (exact) mass is 283 g/mol. The number of ketones is 1. The molecule has 0 aliphatic carbocycles. The molecule has 0 aromatic carbocycles. The number of hydrogen-bond acceptors (Lipinski definition) is 5. The van der Waals surface area contributed by atoms with Gasteiger partial charge in [0.25, 0.3) is 0 Å². The zero-order valence-electron chi connectivity index (χ0n) is 11.5. The van der Waals surface area contributed by atoms with E-state index in [1.165, 1.54) is 19.1 Å². The molecule has 20 heavy (non-hydrogen) atoms. The van der Waals surface area contributed by atoms with Crippen molar-refractivity contribution >= 4 is 17.6 Å². The van der Waals surface area contributed by atoms with Crippen LogP contribution in [0.25, 0.3) is 0 Å². The minimum absolute atomic E-state index is 0.0657. The van der Waals surface area contributed by atoms with E-state index < -0.39 is 24.1 Å². The van der Waals surface area contributed by atoms with E-state index >= 15 is 0 Å². The molecular weight excluding hydrogens is 262 g/mol. The first-order chi connectivity index (χ1) is 9.47. The van der Waals surface area contributed by atoms with E-state index in [0.717, 1.165) is 4.90 Å². The van der Waals surface area contributed by atoms with Crippen LogP contribution in [-0.4, -0.2) is 53.0 Å². The van der Waals surface area contributed by atoms with Gasteiger partial charge < -0.3 is 21.0 Å². The molecule has 0 aromatic heterocycles. The molecule has 112 valence electrons. The normalized spacial score (nSPS) is 19.2. The summed E-state index contributed by atoms with van der Waals surface area (Å²) in [5.41, 5.74) is 5.51. The maximum atomic E-state index is 12.0. The Bertz CT molecular complexity index is 408. The number of carbonyl (C=O) groups is 3. The molecule has 2 atom stereocenters. The molecule has 0 saturated heterocycles. The molecule has 0 spiro atoms. The lowest BCUT2D eigenvalue weighted by atomic mass is 10.2. The standard InChI is InChI=1S/C13H21N3O4/c1-9(17)4-2-3-7-15-13(20)10(8-14)16-11(18)5-6-12(16)19/h5-6,10-11,18H,2-4,7-8,14H2,1H3,(H,15,20). The smallest absolute Gasteiger partial charge is 0.249 e. The third-order valence-corrected chi connectivity index (χ3v) is 3.07. The maximum absolute atomic E-state index is 12.0. The Morgan fingerprint density at radius 3 is 2.70 bits per heavy atom. The summed E-state index contributed by atoms with van der Waals surface area (Å²) in [5.74, 6) is -0.709. The summed E-state index contributed by atoms with van der Waals surface area (Å²) in [7, 11) is 0. The zero-order chi connectivity index (χ0) is 15.1. The molecule has 1 aliphatic rings. The van der Waals surface area contributed by atoms with Gasteiger partial charge in [0, 0.05) is 25.6 Å². The molecule has 0 aromatic rings. The van der Waals surface area contributed by atoms with E-state index in [1.807, 2.05) is 0 Å². The number of rotatable bonds is 8. The highest BCUT2D eigenvalue weighted by Gasteiger charge is 2.34. The van der Waals surface area contributed by atoms with Crippen molar-refractivity contribution in [2.75, 3.05) is 13.1 Å². The van der Waals surface area contributed by atoms with Crippen LogP contribution in [0.3, 0.4) is 0 Å². The van der Waals surface area contributed by atoms with Gasteiger partial charge in [-0.1, -0.05) is 0 Å². The summed E-state index contributed by atoms with van der Waals surface area (Å²) < 4.78 is 0. The van der Waals surface area contributed by atoms with Crippen molar-refractivity contribution in [2.45, 2.75) is 38.5 Å². The summed E-state index contributed by atoms with van der Waals surface area (Å²) in [6, 6.07) is -0.889. The Morgan fingerprint density at radius 1 is 1.50 bits per heavy atom. The number of aliphatic hydroxyl groups excluding tert-OH is 1. The minimum Gasteiger partial charge on any atom is -0.370 e. The van der Waals surface area contributed by atoms with Gasteiger partial charge in [-0.15, -0.1) is 0 Å². The topological polar surface area (TPSA) is 113 Å². The molecule has 2 amide bonds. The fourth-order valence-electron chi connectivity index (χ4n) is 1.99. The number of nitrogens with two attached hydrogens (primary N) is 1. The third-order valence-electron chi connectivity index (χ3n) is 3.07. The fraction of sp³-hybridized carbons (Fsp3) is 0.615. The summed E-state index contributed by atoms with van der Waals surface area (Å²) >= 11 is 0. The molecule has 0 saturated carbocycles. The van der Waals surface area contributed by atoms with Gasteiger partial charge in [0.2, 0.25) is 11.8 Å². The second-order valence-electron chi connectivity index (χ2n) is 4.72. The summed E-state index contributed by atoms with van der Waals surface area (Å²) in [6.45, 7) is 1.87. The van der Waals surface area contributed by atoms with Gasteiger partial charge in [-0.05, 0) is 25.8 Å². The zero-order valence-corrected chi connectivity index (χ0v) is 11.5. The first-order valence-electron chi connectivity index (χ1n) is 6.63. The summed E-state index contributed by atoms with van der Waals surface area (Å²) in [6.07, 6.45) is 3.29. The first-order valence-corrected chi connectivity index (χ1v) is 6.63. The molecule has 1 rings (SSSR count). The molecule has 0 bridgehead atoms. The highest BCUT2D eigenvalue weighted by Crippen LogP contribution is 2.12. The largest absolute Gasteiger partial charge is 0.370 e. The Labute approximate surface area is 117 Å². The van der Waals surface area contributed by atoms with Crippen LogP contribution in [-0.2, 0) is 14.4 Å². The molecule has 1 heterocycles. The number of nitrogens with zero attached hydrogens (tertiary/aromatic N) is 1. The van der Waals surface area contributed by atoms with Crippen LogP contribution in [0.1, 0.15) is 26.2 Å². The SMILES string of the molecule is CC(=O)CCCCNC(=O)C(CN)N1C(=O)C=CC1O. The molecular formula is C13H21N3O4. The van der Waals surface area contributed by atoms with Crippen LogP contribution < -0.4 is 11.1 Å². The lowest BCUT2D eigenvalue weighted by Crippen LogP contribution is -2.54. The number of hydrogen-bond donors (Lipinski definition) is 3. The lowest BCUT2D eigenvalue weighted by molar-refractivity contribution is -0.142. The highest BCUT2D eigenvalue weighted by molar-refractivity contribution is 5.95. The number of nitrogens with one attached hydrogen (secondary N) is 1. The number of unbranched alkanes of at least 4 members (excludes halogenated alkanes) is 1. The van der Waals surface area contributed by atoms with Gasteiger partial charge in [0.05, 0.1) is 0 Å². The molecule has 0 radical (unpaired) electrons. The first kappa shape index (κ1) is 16.3. The number of amides is 2. The van der Waals surface area contributed by atoms with Crippen LogP contribution in [0.5, 0.6) is 0 Å². The highest BCUT2D eigenvalue weighted by atomic mass is 16.3. The predicted octanol–water partition coefficient (Wildman–Crippen LogP) is -1.09. The van der Waals surface area contributed by atoms with Crippen molar-refractivity contribution in [3.05, 3.63) is 12.2 Å². The van der Waals surface area contributed by atoms with E-state index in [2.05, 4.69) is 5.32 Å². The van der Waals surface area contributed by atoms with E-state index in [-0.39, 0.29) is 12.3 Å². The Kier molecular flexibility index (Phi) is 6.33. The van der Waals surface area contributed by atoms with Crippen LogP contribution in [0, 0.1) is 0 Å². The molecule has 7 nitrogen and oxygen atoms in total. The maximum Gasteiger partial charge on any atom is 0.249 e. The average Bonchev–Trinajstić information content (AvgIpc) is 2.71. The van der Waals surface area contributed by atoms with Crippen LogP contribution in [0.2, 0.25) is 0 Å². The number of carbonyl (C=O) groups excluding carboxylic acids is 3. The average molecular weight is 283 g/mol. The van der Waals surface area contributed by atoms with Crippen molar-refractivity contribution < 1.29 is 19.5 Å². The Balaban J connectivity index is 2.40. The van der Waals surface area contributed by atoms with E-state index in [9.17, 15) is 19.5 Å². The van der Waals surface area contributed by atoms with Crippen molar-refractivity contribution in [1.82, 2.24) is 10.2 Å². The van der Waals surface area contributed by atoms with Crippen LogP contribution in [0.15, 0.2) is 12.2 Å². The van der Waals surface area contributed by atoms with Gasteiger partial charge >= 0.3 is 0 Å². The van der Waals surface area contributed by atoms with E-state index in [4.69, 9.17) is 5.73 Å². The van der Waals surface area contributed by atoms with Gasteiger partial charge in [0.1, 0.15) is 18.1 Å². The van der Waals surface area contributed by atoms with E-state index in [1.54, 1.807) is 0 Å². The van der Waals surface area contributed by atoms with Crippen molar-refractivity contribution in [3.63, 3.8) is 0 Å². The minimum atomic E-state index is -1.11. The molecule has 4 N–H and O–H groups in total. The van der Waals surface area contributed by atoms with Crippen molar-refractivity contribution in [1.29, 1.82) is 0 Å². The van der Waals surface area contributed by atoms with Crippen molar-refractivity contribution in [3.8, 4) is 0 Å². The van der Waals surface area contributed by atoms with Gasteiger partial charge in [-0.2, -0.15) is 0 Å². The Hall–Kier alpha value is -1.73. The second kappa shape index (κ2) is 7.76. The third kappa shape index (κ3) is 4.43. The van der Waals surface area contributed by atoms with Crippen molar-refractivity contribution in [2.24, 2.45) is 5.73 Å². The van der Waals surface area contributed by atoms with Gasteiger partial charge in [0.15, 0.2) is 0 Å². The van der Waals surface area contributed by atoms with E-state index in [0.29, 0.717) is 25.8 Å². The number of aliphatic hydroxyl groups is 1. The fourth-order valence-corrected chi connectivity index (χ4v) is 1.99. The van der Waals surface area contributed by atoms with Crippen LogP contribution in [0.4, 0.5) is 0 Å². The summed E-state index contributed by atoms with van der Waals surface area (Å²) in [4.78, 5) is 35.3. The van der Waals surface area contributed by atoms with Crippen LogP contribution >= 0.6 is 0 Å². The quantitative estimate of drug-likeness (QED) is 0.490. The summed E-state index contributed by atoms with van der Waals surface area (Å²) in [5, 5.41) is 12.3. The number of Topliss-reactive ketones (excluding diaryl/α,β-unsaturated/α-hetero) is 1. The molecule has 1 aliphatic heterocycles. The molecule has 7 heteroatoms. The predicted molar refractivity (Wildman–Crippen MR) is 72.4 cm³/mol. The second-order valence-corrected chi connectivity index (χ2v) is 4.72. The molecule has 2 unspecified atom stereocenters.